The molecule has 1 saturated heterocycles. The number of rotatable bonds is 15. The molecule has 35 heavy (non-hydrogen) atoms. The van der Waals surface area contributed by atoms with Crippen molar-refractivity contribution in [2.24, 2.45) is 0 Å². The summed E-state index contributed by atoms with van der Waals surface area (Å²) in [5.74, 6) is -3.06. The maximum Gasteiger partial charge on any atom is 0.305 e. The molecule has 2 heterocycles. The van der Waals surface area contributed by atoms with Crippen LogP contribution in [0.2, 0.25) is 0 Å². The third kappa shape index (κ3) is 7.07. The lowest BCUT2D eigenvalue weighted by Crippen LogP contribution is -2.54. The number of piperidine rings is 1. The Hall–Kier alpha value is -3.35. The molecular formula is C23H29N3O9. The average molecular weight is 491 g/mol. The van der Waals surface area contributed by atoms with Gasteiger partial charge in [0.15, 0.2) is 0 Å². The molecule has 2 aliphatic heterocycles. The Labute approximate surface area is 201 Å². The summed E-state index contributed by atoms with van der Waals surface area (Å²) < 4.78 is 15.9. The molecule has 1 aromatic carbocycles. The molecule has 12 heteroatoms. The topological polar surface area (TPSA) is 161 Å². The maximum atomic E-state index is 13.0. The van der Waals surface area contributed by atoms with Crippen molar-refractivity contribution in [1.82, 2.24) is 10.2 Å². The molecule has 2 aliphatic rings. The number of carboxylic acids is 1. The summed E-state index contributed by atoms with van der Waals surface area (Å²) in [5, 5.41) is 13.8. The summed E-state index contributed by atoms with van der Waals surface area (Å²) in [5.41, 5.74) is 0.953. The van der Waals surface area contributed by atoms with Gasteiger partial charge in [-0.15, -0.1) is 0 Å². The van der Waals surface area contributed by atoms with E-state index in [1.54, 1.807) is 18.2 Å². The van der Waals surface area contributed by atoms with Crippen LogP contribution >= 0.6 is 0 Å². The molecule has 0 aromatic heterocycles. The summed E-state index contributed by atoms with van der Waals surface area (Å²) in [6, 6.07) is 3.91. The van der Waals surface area contributed by atoms with Crippen LogP contribution in [0.15, 0.2) is 18.2 Å². The Bertz CT molecular complexity index is 966. The van der Waals surface area contributed by atoms with E-state index in [0.717, 1.165) is 4.90 Å². The summed E-state index contributed by atoms with van der Waals surface area (Å²) in [6.45, 7) is 2.55. The van der Waals surface area contributed by atoms with Crippen molar-refractivity contribution in [1.29, 1.82) is 0 Å². The Kier molecular flexibility index (Phi) is 9.70. The molecule has 1 fully saturated rings. The lowest BCUT2D eigenvalue weighted by atomic mass is 10.0. The first-order chi connectivity index (χ1) is 16.9. The molecule has 1 aromatic rings. The molecule has 0 bridgehead atoms. The zero-order valence-corrected chi connectivity index (χ0v) is 19.2. The summed E-state index contributed by atoms with van der Waals surface area (Å²) in [6.07, 6.45) is 0.782. The zero-order valence-electron chi connectivity index (χ0n) is 19.2. The van der Waals surface area contributed by atoms with E-state index >= 15 is 0 Å². The maximum absolute atomic E-state index is 13.0. The molecule has 12 nitrogen and oxygen atoms in total. The summed E-state index contributed by atoms with van der Waals surface area (Å²) >= 11 is 0. The average Bonchev–Trinajstić information content (AvgIpc) is 3.07. The van der Waals surface area contributed by atoms with Crippen molar-refractivity contribution in [3.63, 3.8) is 0 Å². The van der Waals surface area contributed by atoms with Crippen LogP contribution in [0.1, 0.15) is 46.4 Å². The van der Waals surface area contributed by atoms with Crippen LogP contribution in [0.3, 0.4) is 0 Å². The van der Waals surface area contributed by atoms with E-state index in [1.165, 1.54) is 0 Å². The lowest BCUT2D eigenvalue weighted by molar-refractivity contribution is -0.138. The second-order valence-electron chi connectivity index (χ2n) is 7.94. The molecule has 3 N–H and O–H groups in total. The Morgan fingerprint density at radius 1 is 1.00 bits per heavy atom. The Balaban J connectivity index is 1.36. The minimum Gasteiger partial charge on any atom is -0.481 e. The number of ether oxygens (including phenoxy) is 3. The van der Waals surface area contributed by atoms with E-state index in [9.17, 15) is 24.0 Å². The second kappa shape index (κ2) is 12.9. The molecule has 4 amide bonds. The largest absolute Gasteiger partial charge is 0.481 e. The molecule has 1 unspecified atom stereocenters. The van der Waals surface area contributed by atoms with Crippen molar-refractivity contribution in [2.75, 3.05) is 51.5 Å². The van der Waals surface area contributed by atoms with Gasteiger partial charge < -0.3 is 24.6 Å². The fourth-order valence-electron chi connectivity index (χ4n) is 3.76. The van der Waals surface area contributed by atoms with E-state index in [4.69, 9.17) is 19.3 Å². The van der Waals surface area contributed by atoms with Crippen molar-refractivity contribution >= 4 is 35.3 Å². The van der Waals surface area contributed by atoms with Gasteiger partial charge in [-0.1, -0.05) is 6.07 Å². The quantitative estimate of drug-likeness (QED) is 0.232. The van der Waals surface area contributed by atoms with Gasteiger partial charge in [-0.05, 0) is 25.0 Å². The molecule has 1 atom stereocenters. The van der Waals surface area contributed by atoms with Crippen LogP contribution in [-0.2, 0) is 28.6 Å². The van der Waals surface area contributed by atoms with Gasteiger partial charge in [0.25, 0.3) is 11.8 Å². The smallest absolute Gasteiger partial charge is 0.305 e. The number of hydrogen-bond acceptors (Lipinski definition) is 9. The lowest BCUT2D eigenvalue weighted by Gasteiger charge is -2.27. The Morgan fingerprint density at radius 3 is 2.37 bits per heavy atom. The number of amides is 4. The van der Waals surface area contributed by atoms with E-state index in [-0.39, 0.29) is 37.0 Å². The number of hydrogen-bond donors (Lipinski definition) is 3. The highest BCUT2D eigenvalue weighted by Gasteiger charge is 2.45. The van der Waals surface area contributed by atoms with Gasteiger partial charge in [-0.25, -0.2) is 0 Å². The van der Waals surface area contributed by atoms with Crippen LogP contribution in [0.5, 0.6) is 0 Å². The third-order valence-electron chi connectivity index (χ3n) is 5.45. The molecule has 0 aliphatic carbocycles. The number of anilines is 1. The molecule has 3 rings (SSSR count). The van der Waals surface area contributed by atoms with Gasteiger partial charge in [-0.2, -0.15) is 0 Å². The van der Waals surface area contributed by atoms with Crippen molar-refractivity contribution in [3.8, 4) is 0 Å². The standard InChI is InChI=1S/C23H29N3O9/c27-18-6-5-17(21(30)25-18)26-22(31)15-3-1-4-16(20(15)23(26)32)24-8-2-9-33-11-13-35-14-12-34-10-7-19(28)29/h1,3-4,17,24H,2,5-14H2,(H,28,29)(H,25,27,30). The normalized spacial score (nSPS) is 17.5. The fraction of sp³-hybridized carbons (Fsp3) is 0.522. The first-order valence-electron chi connectivity index (χ1n) is 11.4. The highest BCUT2D eigenvalue weighted by molar-refractivity contribution is 6.25. The van der Waals surface area contributed by atoms with Gasteiger partial charge in [-0.3, -0.25) is 34.2 Å². The first kappa shape index (κ1) is 26.3. The summed E-state index contributed by atoms with van der Waals surface area (Å²) in [4.78, 5) is 60.8. The molecule has 0 saturated carbocycles. The van der Waals surface area contributed by atoms with E-state index in [1.807, 2.05) is 0 Å². The number of benzene rings is 1. The molecule has 0 spiro atoms. The number of carboxylic acid groups (broad SMARTS) is 1. The van der Waals surface area contributed by atoms with Gasteiger partial charge in [0.2, 0.25) is 11.8 Å². The highest BCUT2D eigenvalue weighted by atomic mass is 16.5. The number of carbonyl (C=O) groups is 5. The second-order valence-corrected chi connectivity index (χ2v) is 7.94. The minimum atomic E-state index is -1.00. The van der Waals surface area contributed by atoms with Crippen molar-refractivity contribution in [2.45, 2.75) is 31.7 Å². The van der Waals surface area contributed by atoms with Crippen LogP contribution in [-0.4, -0.2) is 91.8 Å². The monoisotopic (exact) mass is 491 g/mol. The number of nitrogens with one attached hydrogen (secondary N) is 2. The zero-order chi connectivity index (χ0) is 25.2. The van der Waals surface area contributed by atoms with E-state index < -0.39 is 35.6 Å². The number of fused-ring (bicyclic) bond motifs is 1. The summed E-state index contributed by atoms with van der Waals surface area (Å²) in [7, 11) is 0. The van der Waals surface area contributed by atoms with Crippen LogP contribution < -0.4 is 10.6 Å². The minimum absolute atomic E-state index is 0.0362. The molecular weight excluding hydrogens is 462 g/mol. The van der Waals surface area contributed by atoms with Crippen LogP contribution in [0, 0.1) is 0 Å². The fourth-order valence-corrected chi connectivity index (χ4v) is 3.76. The molecule has 190 valence electrons. The number of nitrogens with zero attached hydrogens (tertiary/aromatic N) is 1. The predicted octanol–water partition coefficient (Wildman–Crippen LogP) is 0.414. The van der Waals surface area contributed by atoms with Gasteiger partial charge in [0.05, 0.1) is 50.6 Å². The first-order valence-corrected chi connectivity index (χ1v) is 11.4. The van der Waals surface area contributed by atoms with Crippen LogP contribution in [0.4, 0.5) is 5.69 Å². The predicted molar refractivity (Wildman–Crippen MR) is 121 cm³/mol. The van der Waals surface area contributed by atoms with Crippen LogP contribution in [0.25, 0.3) is 0 Å². The van der Waals surface area contributed by atoms with Gasteiger partial charge in [0, 0.05) is 25.3 Å². The van der Waals surface area contributed by atoms with Crippen molar-refractivity contribution < 1.29 is 43.3 Å². The molecule has 0 radical (unpaired) electrons. The van der Waals surface area contributed by atoms with Crippen molar-refractivity contribution in [3.05, 3.63) is 29.3 Å². The van der Waals surface area contributed by atoms with E-state index in [0.29, 0.717) is 51.7 Å². The third-order valence-corrected chi connectivity index (χ3v) is 5.45. The van der Waals surface area contributed by atoms with Gasteiger partial charge in [0.1, 0.15) is 6.04 Å². The number of carbonyl (C=O) groups excluding carboxylic acids is 4. The van der Waals surface area contributed by atoms with Gasteiger partial charge >= 0.3 is 5.97 Å². The number of aliphatic carboxylic acids is 1. The van der Waals surface area contributed by atoms with E-state index in [2.05, 4.69) is 10.6 Å². The SMILES string of the molecule is O=C(O)CCOCCOCCOCCCNc1cccc2c1C(=O)N(C1CCC(=O)NC1=O)C2=O. The number of imide groups is 2. The Morgan fingerprint density at radius 2 is 1.69 bits per heavy atom. The highest BCUT2D eigenvalue weighted by Crippen LogP contribution is 2.32.